The first-order valence-corrected chi connectivity index (χ1v) is 14.0. The molecule has 0 atom stereocenters. The summed E-state index contributed by atoms with van der Waals surface area (Å²) >= 11 is 0. The molecule has 0 bridgehead atoms. The van der Waals surface area contributed by atoms with Crippen LogP contribution in [-0.4, -0.2) is 75.4 Å². The lowest BCUT2D eigenvalue weighted by Gasteiger charge is -2.24. The van der Waals surface area contributed by atoms with Crippen molar-refractivity contribution in [1.29, 1.82) is 0 Å². The van der Waals surface area contributed by atoms with Crippen molar-refractivity contribution in [3.05, 3.63) is 71.6 Å². The Kier molecular flexibility index (Phi) is 11.2. The van der Waals surface area contributed by atoms with Gasteiger partial charge in [-0.25, -0.2) is 14.2 Å². The molecule has 11 heteroatoms. The van der Waals surface area contributed by atoms with Gasteiger partial charge in [-0.2, -0.15) is 0 Å². The lowest BCUT2D eigenvalue weighted by Crippen LogP contribution is -2.33. The van der Waals surface area contributed by atoms with Crippen molar-refractivity contribution < 1.29 is 34.1 Å². The molecule has 43 heavy (non-hydrogen) atoms. The molecule has 2 aromatic carbocycles. The first-order chi connectivity index (χ1) is 20.3. The molecule has 2 amide bonds. The number of nitrogens with one attached hydrogen (secondary N) is 2. The van der Waals surface area contributed by atoms with E-state index >= 15 is 0 Å². The van der Waals surface area contributed by atoms with Gasteiger partial charge in [-0.15, -0.1) is 0 Å². The molecule has 2 aromatic rings. The molecule has 0 aromatic heterocycles. The van der Waals surface area contributed by atoms with Crippen molar-refractivity contribution in [3.8, 4) is 22.5 Å². The number of carboxylic acid groups (broad SMARTS) is 1. The number of nitrogens with zero attached hydrogens (tertiary/aromatic N) is 2. The molecule has 11 nitrogen and oxygen atoms in total. The Hall–Kier alpha value is -4.90. The van der Waals surface area contributed by atoms with E-state index in [4.69, 9.17) is 9.15 Å². The second-order valence-corrected chi connectivity index (χ2v) is 9.66. The molecule has 2 aliphatic rings. The number of benzene rings is 3. The first kappa shape index (κ1) is 32.6. The lowest BCUT2D eigenvalue weighted by atomic mass is 9.90. The van der Waals surface area contributed by atoms with Gasteiger partial charge in [0.05, 0.1) is 24.6 Å². The van der Waals surface area contributed by atoms with Crippen LogP contribution in [0.25, 0.3) is 33.4 Å². The van der Waals surface area contributed by atoms with Gasteiger partial charge in [0, 0.05) is 55.0 Å². The average molecular weight is 592 g/mol. The fourth-order valence-corrected chi connectivity index (χ4v) is 5.06. The van der Waals surface area contributed by atoms with Crippen LogP contribution in [-0.2, 0) is 9.53 Å². The van der Waals surface area contributed by atoms with Crippen LogP contribution in [0.1, 0.15) is 30.6 Å². The summed E-state index contributed by atoms with van der Waals surface area (Å²) in [5.41, 5.74) is 3.80. The maximum atomic E-state index is 12.2. The molecule has 0 saturated carbocycles. The SMILES string of the molecule is CCN(CCOC(=O)NC)c1ccc2c(-c3ccccc3C(=O)O)c3ccc(=[N+](CC)CCC(=O)NC)cc-3oc2c1.O. The van der Waals surface area contributed by atoms with E-state index in [1.165, 1.54) is 7.05 Å². The Morgan fingerprint density at radius 2 is 1.74 bits per heavy atom. The number of fused-ring (bicyclic) bond motifs is 2. The number of ether oxygens (including phenoxy) is 1. The normalized spacial score (nSPS) is 11.4. The summed E-state index contributed by atoms with van der Waals surface area (Å²) in [5, 5.41) is 16.8. The van der Waals surface area contributed by atoms with Crippen LogP contribution in [0.15, 0.2) is 65.1 Å². The number of alkyl carbamates (subject to hydrolysis) is 1. The van der Waals surface area contributed by atoms with Gasteiger partial charge in [0.25, 0.3) is 0 Å². The summed E-state index contributed by atoms with van der Waals surface area (Å²) in [5.74, 6) is -0.455. The Labute approximate surface area is 250 Å². The highest BCUT2D eigenvalue weighted by molar-refractivity contribution is 6.07. The van der Waals surface area contributed by atoms with Crippen molar-refractivity contribution in [2.45, 2.75) is 20.3 Å². The quantitative estimate of drug-likeness (QED) is 0.179. The Morgan fingerprint density at radius 3 is 2.42 bits per heavy atom. The van der Waals surface area contributed by atoms with Gasteiger partial charge in [-0.3, -0.25) is 4.79 Å². The summed E-state index contributed by atoms with van der Waals surface area (Å²) in [6, 6.07) is 18.7. The Morgan fingerprint density at radius 1 is 0.977 bits per heavy atom. The molecule has 0 saturated heterocycles. The lowest BCUT2D eigenvalue weighted by molar-refractivity contribution is -0.120. The van der Waals surface area contributed by atoms with Gasteiger partial charge in [0.15, 0.2) is 6.54 Å². The minimum atomic E-state index is -1.01. The van der Waals surface area contributed by atoms with E-state index in [1.54, 1.807) is 19.2 Å². The minimum absolute atomic E-state index is 0. The maximum absolute atomic E-state index is 12.2. The number of rotatable bonds is 11. The highest BCUT2D eigenvalue weighted by Gasteiger charge is 2.23. The molecule has 1 aliphatic carbocycles. The third-order valence-corrected chi connectivity index (χ3v) is 7.30. The average Bonchev–Trinajstić information content (AvgIpc) is 3.01. The monoisotopic (exact) mass is 591 g/mol. The molecule has 4 rings (SSSR count). The number of hydrogen-bond acceptors (Lipinski definition) is 6. The van der Waals surface area contributed by atoms with Crippen molar-refractivity contribution in [2.24, 2.45) is 0 Å². The van der Waals surface area contributed by atoms with Gasteiger partial charge >= 0.3 is 12.1 Å². The zero-order chi connectivity index (χ0) is 30.2. The molecule has 0 radical (unpaired) electrons. The van der Waals surface area contributed by atoms with E-state index in [0.717, 1.165) is 27.6 Å². The number of anilines is 1. The Balaban J connectivity index is 0.00000506. The molecular weight excluding hydrogens is 552 g/mol. The highest BCUT2D eigenvalue weighted by atomic mass is 16.5. The number of likely N-dealkylation sites (N-methyl/N-ethyl adjacent to an activating group) is 1. The number of carbonyl (C=O) groups is 3. The van der Waals surface area contributed by atoms with Crippen LogP contribution in [0, 0.1) is 0 Å². The first-order valence-electron chi connectivity index (χ1n) is 14.0. The predicted octanol–water partition coefficient (Wildman–Crippen LogP) is 3.19. The summed E-state index contributed by atoms with van der Waals surface area (Å²) in [6.45, 7) is 6.64. The largest absolute Gasteiger partial charge is 0.478 e. The van der Waals surface area contributed by atoms with Gasteiger partial charge in [-0.1, -0.05) is 18.2 Å². The predicted molar refractivity (Wildman–Crippen MR) is 167 cm³/mol. The second kappa shape index (κ2) is 14.8. The van der Waals surface area contributed by atoms with Gasteiger partial charge in [0.2, 0.25) is 11.3 Å². The third-order valence-electron chi connectivity index (χ3n) is 7.30. The van der Waals surface area contributed by atoms with Crippen LogP contribution in [0.2, 0.25) is 0 Å². The van der Waals surface area contributed by atoms with Crippen LogP contribution in [0.4, 0.5) is 10.5 Å². The fourth-order valence-electron chi connectivity index (χ4n) is 5.06. The zero-order valence-electron chi connectivity index (χ0n) is 24.9. The molecule has 0 fully saturated rings. The van der Waals surface area contributed by atoms with E-state index in [1.807, 2.05) is 62.4 Å². The summed E-state index contributed by atoms with van der Waals surface area (Å²) in [4.78, 5) is 37.7. The second-order valence-electron chi connectivity index (χ2n) is 9.66. The number of aromatic carboxylic acids is 1. The number of amides is 2. The summed E-state index contributed by atoms with van der Waals surface area (Å²) in [7, 11) is 3.14. The van der Waals surface area contributed by atoms with E-state index in [0.29, 0.717) is 49.5 Å². The highest BCUT2D eigenvalue weighted by Crippen LogP contribution is 2.42. The van der Waals surface area contributed by atoms with Gasteiger partial charge in [0.1, 0.15) is 24.5 Å². The van der Waals surface area contributed by atoms with Crippen molar-refractivity contribution in [1.82, 2.24) is 15.2 Å². The minimum Gasteiger partial charge on any atom is -0.478 e. The van der Waals surface area contributed by atoms with Gasteiger partial charge < -0.3 is 35.3 Å². The maximum Gasteiger partial charge on any atom is 0.406 e. The third kappa shape index (κ3) is 7.31. The summed E-state index contributed by atoms with van der Waals surface area (Å²) in [6.07, 6.45) is -0.131. The number of hydrogen-bond donors (Lipinski definition) is 3. The fraction of sp³-hybridized carbons (Fsp3) is 0.312. The van der Waals surface area contributed by atoms with E-state index in [-0.39, 0.29) is 23.6 Å². The van der Waals surface area contributed by atoms with Crippen LogP contribution >= 0.6 is 0 Å². The summed E-state index contributed by atoms with van der Waals surface area (Å²) < 4.78 is 13.8. The zero-order valence-corrected chi connectivity index (χ0v) is 24.9. The topological polar surface area (TPSA) is 156 Å². The molecular formula is C32H39N4O7+. The Bertz CT molecular complexity index is 1650. The molecule has 5 N–H and O–H groups in total. The van der Waals surface area contributed by atoms with Crippen molar-refractivity contribution in [3.63, 3.8) is 0 Å². The molecule has 228 valence electrons. The molecule has 1 aliphatic heterocycles. The van der Waals surface area contributed by atoms with Crippen molar-refractivity contribution in [2.75, 3.05) is 51.8 Å². The van der Waals surface area contributed by atoms with Crippen molar-refractivity contribution >= 4 is 34.6 Å². The van der Waals surface area contributed by atoms with E-state index in [9.17, 15) is 19.5 Å². The number of carboxylic acids is 1. The molecule has 0 unspecified atom stereocenters. The van der Waals surface area contributed by atoms with E-state index in [2.05, 4.69) is 20.1 Å². The number of carbonyl (C=O) groups excluding carboxylic acids is 2. The smallest absolute Gasteiger partial charge is 0.406 e. The van der Waals surface area contributed by atoms with E-state index < -0.39 is 12.1 Å². The van der Waals surface area contributed by atoms with Crippen LogP contribution < -0.4 is 25.5 Å². The molecule has 0 spiro atoms. The van der Waals surface area contributed by atoms with Crippen LogP contribution in [0.3, 0.4) is 0 Å². The van der Waals surface area contributed by atoms with Gasteiger partial charge in [-0.05, 0) is 43.7 Å². The standard InChI is InChI=1S/C32H36N4O6.H2O/c1-5-35(16-15-29(37)33-3)21-11-13-25-27(19-21)42-28-20-22(36(6-2)17-18-41-32(40)34-4)12-14-26(28)30(25)23-9-7-8-10-24(23)31(38)39;/h7-14,19-20H,5-6,15-18H2,1-4H3,(H2-,33,34,37,38,39,40);1H2/p+1. The van der Waals surface area contributed by atoms with Crippen LogP contribution in [0.5, 0.6) is 0 Å². The molecule has 1 heterocycles.